The van der Waals surface area contributed by atoms with Crippen LogP contribution in [0.2, 0.25) is 0 Å². The molecule has 146 valence electrons. The van der Waals surface area contributed by atoms with E-state index < -0.39 is 0 Å². The van der Waals surface area contributed by atoms with Crippen molar-refractivity contribution in [2.24, 2.45) is 0 Å². The Morgan fingerprint density at radius 3 is 2.64 bits per heavy atom. The molecule has 1 atom stereocenters. The molecule has 2 aromatic carbocycles. The first kappa shape index (κ1) is 19.1. The third-order valence-corrected chi connectivity index (χ3v) is 5.32. The second-order valence-electron chi connectivity index (χ2n) is 6.94. The molecular formula is C21H22BrN3O3. The number of hydrogen-bond acceptors (Lipinski definition) is 6. The number of halogens is 1. The third kappa shape index (κ3) is 4.79. The maximum atomic E-state index is 10.1. The lowest BCUT2D eigenvalue weighted by molar-refractivity contribution is 0.0646. The molecule has 1 aromatic heterocycles. The molecule has 1 aliphatic heterocycles. The second-order valence-corrected chi connectivity index (χ2v) is 7.86. The van der Waals surface area contributed by atoms with Gasteiger partial charge in [-0.05, 0) is 43.2 Å². The first-order valence-electron chi connectivity index (χ1n) is 9.36. The van der Waals surface area contributed by atoms with Crippen molar-refractivity contribution in [1.29, 1.82) is 0 Å². The summed E-state index contributed by atoms with van der Waals surface area (Å²) in [6.07, 6.45) is 2.33. The molecule has 4 rings (SSSR count). The fourth-order valence-corrected chi connectivity index (χ4v) is 3.63. The van der Waals surface area contributed by atoms with Crippen LogP contribution in [0.25, 0.3) is 11.5 Å². The van der Waals surface area contributed by atoms with Crippen LogP contribution in [0.15, 0.2) is 57.4 Å². The van der Waals surface area contributed by atoms with E-state index in [-0.39, 0.29) is 6.10 Å². The highest BCUT2D eigenvalue weighted by atomic mass is 79.9. The minimum absolute atomic E-state index is 0.194. The number of phenolic OH excluding ortho intramolecular Hbond substituents is 1. The Kier molecular flexibility index (Phi) is 6.04. The third-order valence-electron chi connectivity index (χ3n) is 4.79. The van der Waals surface area contributed by atoms with Crippen LogP contribution in [0.3, 0.4) is 0 Å². The summed E-state index contributed by atoms with van der Waals surface area (Å²) in [6, 6.07) is 15.2. The quantitative estimate of drug-likeness (QED) is 0.583. The van der Waals surface area contributed by atoms with Crippen LogP contribution in [-0.2, 0) is 17.8 Å². The Morgan fingerprint density at radius 2 is 1.89 bits per heavy atom. The number of phenols is 1. The van der Waals surface area contributed by atoms with Crippen LogP contribution in [0.4, 0.5) is 0 Å². The van der Waals surface area contributed by atoms with E-state index in [0.717, 1.165) is 41.6 Å². The maximum Gasteiger partial charge on any atom is 0.247 e. The van der Waals surface area contributed by atoms with Crippen LogP contribution in [0.1, 0.15) is 24.3 Å². The van der Waals surface area contributed by atoms with Crippen molar-refractivity contribution < 1.29 is 14.3 Å². The summed E-state index contributed by atoms with van der Waals surface area (Å²) in [5, 5.41) is 18.6. The number of hydrogen-bond donors (Lipinski definition) is 1. The molecule has 0 bridgehead atoms. The first-order chi connectivity index (χ1) is 13.7. The lowest BCUT2D eigenvalue weighted by Gasteiger charge is -2.24. The van der Waals surface area contributed by atoms with E-state index in [1.807, 2.05) is 42.5 Å². The second kappa shape index (κ2) is 8.86. The van der Waals surface area contributed by atoms with Crippen LogP contribution in [-0.4, -0.2) is 39.5 Å². The van der Waals surface area contributed by atoms with Gasteiger partial charge in [-0.3, -0.25) is 4.90 Å². The topological polar surface area (TPSA) is 71.6 Å². The zero-order valence-corrected chi connectivity index (χ0v) is 17.0. The van der Waals surface area contributed by atoms with Gasteiger partial charge in [0, 0.05) is 35.3 Å². The molecule has 3 aromatic rings. The highest BCUT2D eigenvalue weighted by molar-refractivity contribution is 9.10. The maximum absolute atomic E-state index is 10.1. The number of benzene rings is 2. The van der Waals surface area contributed by atoms with E-state index in [9.17, 15) is 5.11 Å². The lowest BCUT2D eigenvalue weighted by Crippen LogP contribution is -2.31. The number of aromatic hydroxyl groups is 1. The standard InChI is InChI=1S/C21H22BrN3O3/c22-17-9-7-15(8-10-17)21-24-23-20(28-21)14-25(13-18-5-3-11-27-18)12-16-4-1-2-6-19(16)26/h1-2,4,6-10,18,26H,3,5,11-14H2. The first-order valence-corrected chi connectivity index (χ1v) is 10.2. The van der Waals surface area contributed by atoms with E-state index >= 15 is 0 Å². The molecule has 7 heteroatoms. The Bertz CT molecular complexity index is 907. The Balaban J connectivity index is 1.50. The largest absolute Gasteiger partial charge is 0.508 e. The van der Waals surface area contributed by atoms with Crippen LogP contribution in [0, 0.1) is 0 Å². The molecular weight excluding hydrogens is 422 g/mol. The van der Waals surface area contributed by atoms with Crippen LogP contribution in [0.5, 0.6) is 5.75 Å². The van der Waals surface area contributed by atoms with Gasteiger partial charge in [-0.1, -0.05) is 34.1 Å². The summed E-state index contributed by atoms with van der Waals surface area (Å²) in [4.78, 5) is 2.18. The minimum atomic E-state index is 0.194. The number of aromatic nitrogens is 2. The highest BCUT2D eigenvalue weighted by Crippen LogP contribution is 2.24. The Morgan fingerprint density at radius 1 is 1.07 bits per heavy atom. The average Bonchev–Trinajstić information content (AvgIpc) is 3.36. The summed E-state index contributed by atoms with van der Waals surface area (Å²) in [5.41, 5.74) is 1.75. The molecule has 2 heterocycles. The van der Waals surface area contributed by atoms with Gasteiger partial charge in [-0.2, -0.15) is 0 Å². The number of rotatable bonds is 7. The molecule has 0 aliphatic carbocycles. The molecule has 1 saturated heterocycles. The van der Waals surface area contributed by atoms with Gasteiger partial charge in [-0.25, -0.2) is 0 Å². The van der Waals surface area contributed by atoms with Gasteiger partial charge in [0.25, 0.3) is 0 Å². The molecule has 6 nitrogen and oxygen atoms in total. The van der Waals surface area contributed by atoms with Gasteiger partial charge in [0.05, 0.1) is 12.6 Å². The molecule has 28 heavy (non-hydrogen) atoms. The molecule has 0 spiro atoms. The summed E-state index contributed by atoms with van der Waals surface area (Å²) in [7, 11) is 0. The van der Waals surface area contributed by atoms with E-state index in [0.29, 0.717) is 30.6 Å². The van der Waals surface area contributed by atoms with Crippen molar-refractivity contribution in [3.05, 3.63) is 64.5 Å². The van der Waals surface area contributed by atoms with Gasteiger partial charge in [-0.15, -0.1) is 10.2 Å². The van der Waals surface area contributed by atoms with Crippen molar-refractivity contribution in [2.75, 3.05) is 13.2 Å². The molecule has 1 aliphatic rings. The Hall–Kier alpha value is -2.22. The fourth-order valence-electron chi connectivity index (χ4n) is 3.36. The fraction of sp³-hybridized carbons (Fsp3) is 0.333. The van der Waals surface area contributed by atoms with E-state index in [2.05, 4.69) is 31.0 Å². The highest BCUT2D eigenvalue weighted by Gasteiger charge is 2.22. The van der Waals surface area contributed by atoms with Gasteiger partial charge in [0.2, 0.25) is 11.8 Å². The average molecular weight is 444 g/mol. The van der Waals surface area contributed by atoms with Crippen molar-refractivity contribution in [1.82, 2.24) is 15.1 Å². The van der Waals surface area contributed by atoms with Gasteiger partial charge in [0.1, 0.15) is 5.75 Å². The van der Waals surface area contributed by atoms with Gasteiger partial charge in [0.15, 0.2) is 0 Å². The molecule has 1 unspecified atom stereocenters. The zero-order valence-electron chi connectivity index (χ0n) is 15.4. The number of ether oxygens (including phenoxy) is 1. The minimum Gasteiger partial charge on any atom is -0.508 e. The van der Waals surface area contributed by atoms with Crippen molar-refractivity contribution in [2.45, 2.75) is 32.0 Å². The molecule has 0 amide bonds. The monoisotopic (exact) mass is 443 g/mol. The number of para-hydroxylation sites is 1. The van der Waals surface area contributed by atoms with Crippen LogP contribution >= 0.6 is 15.9 Å². The van der Waals surface area contributed by atoms with Gasteiger partial charge < -0.3 is 14.3 Å². The van der Waals surface area contributed by atoms with E-state index in [4.69, 9.17) is 9.15 Å². The van der Waals surface area contributed by atoms with Crippen molar-refractivity contribution >= 4 is 15.9 Å². The zero-order chi connectivity index (χ0) is 19.3. The number of nitrogens with zero attached hydrogens (tertiary/aromatic N) is 3. The molecule has 0 radical (unpaired) electrons. The molecule has 0 saturated carbocycles. The summed E-state index contributed by atoms with van der Waals surface area (Å²) in [6.45, 7) is 2.65. The smallest absolute Gasteiger partial charge is 0.247 e. The molecule has 1 N–H and O–H groups in total. The summed E-state index contributed by atoms with van der Waals surface area (Å²) in [5.74, 6) is 1.34. The predicted octanol–water partition coefficient (Wildman–Crippen LogP) is 4.39. The Labute approximate surface area is 172 Å². The molecule has 1 fully saturated rings. The normalized spacial score (nSPS) is 16.7. The summed E-state index contributed by atoms with van der Waals surface area (Å²) >= 11 is 3.43. The van der Waals surface area contributed by atoms with E-state index in [1.54, 1.807) is 6.07 Å². The SMILES string of the molecule is Oc1ccccc1CN(Cc1nnc(-c2ccc(Br)cc2)o1)CC1CCCO1. The lowest BCUT2D eigenvalue weighted by atomic mass is 10.1. The van der Waals surface area contributed by atoms with Crippen molar-refractivity contribution in [3.63, 3.8) is 0 Å². The summed E-state index contributed by atoms with van der Waals surface area (Å²) < 4.78 is 12.7. The van der Waals surface area contributed by atoms with Crippen LogP contribution < -0.4 is 0 Å². The van der Waals surface area contributed by atoms with E-state index in [1.165, 1.54) is 0 Å². The van der Waals surface area contributed by atoms with Crippen molar-refractivity contribution in [3.8, 4) is 17.2 Å². The van der Waals surface area contributed by atoms with Gasteiger partial charge >= 0.3 is 0 Å². The predicted molar refractivity (Wildman–Crippen MR) is 109 cm³/mol.